The maximum Gasteiger partial charge on any atom is 0.324 e. The quantitative estimate of drug-likeness (QED) is 0.596. The van der Waals surface area contributed by atoms with Gasteiger partial charge in [0.05, 0.1) is 10.5 Å². The predicted octanol–water partition coefficient (Wildman–Crippen LogP) is 0.994. The van der Waals surface area contributed by atoms with E-state index in [0.29, 0.717) is 12.1 Å². The summed E-state index contributed by atoms with van der Waals surface area (Å²) in [5.41, 5.74) is 0.333. The van der Waals surface area contributed by atoms with Gasteiger partial charge in [-0.2, -0.15) is 0 Å². The van der Waals surface area contributed by atoms with Gasteiger partial charge in [-0.15, -0.1) is 0 Å². The van der Waals surface area contributed by atoms with Crippen LogP contribution in [0.1, 0.15) is 17.3 Å². The molecule has 1 unspecified atom stereocenters. The standard InChI is InChI=1S/C9H13N3O3S/c1-6(10-2)4-11-9(13)7-3-8(12(14)15)16-5-7/h3,5-6,10H,4H2,1-2H3,(H,11,13). The summed E-state index contributed by atoms with van der Waals surface area (Å²) in [6.07, 6.45) is 0. The lowest BCUT2D eigenvalue weighted by Crippen LogP contribution is -2.36. The number of rotatable bonds is 5. The first-order valence-electron chi connectivity index (χ1n) is 4.73. The van der Waals surface area contributed by atoms with Gasteiger partial charge in [0.25, 0.3) is 5.91 Å². The second-order valence-electron chi connectivity index (χ2n) is 3.33. The van der Waals surface area contributed by atoms with Crippen molar-refractivity contribution in [2.75, 3.05) is 13.6 Å². The van der Waals surface area contributed by atoms with E-state index in [2.05, 4.69) is 10.6 Å². The van der Waals surface area contributed by atoms with E-state index in [0.717, 1.165) is 11.3 Å². The number of likely N-dealkylation sites (N-methyl/N-ethyl adjacent to an activating group) is 1. The van der Waals surface area contributed by atoms with E-state index in [1.807, 2.05) is 6.92 Å². The Morgan fingerprint density at radius 3 is 2.88 bits per heavy atom. The zero-order chi connectivity index (χ0) is 12.1. The molecule has 16 heavy (non-hydrogen) atoms. The number of nitro groups is 1. The van der Waals surface area contributed by atoms with Gasteiger partial charge >= 0.3 is 5.00 Å². The molecule has 6 nitrogen and oxygen atoms in total. The number of nitrogens with zero attached hydrogens (tertiary/aromatic N) is 1. The molecule has 0 aliphatic carbocycles. The van der Waals surface area contributed by atoms with Crippen LogP contribution in [0.25, 0.3) is 0 Å². The summed E-state index contributed by atoms with van der Waals surface area (Å²) in [5, 5.41) is 17.5. The molecule has 0 spiro atoms. The smallest absolute Gasteiger partial charge is 0.324 e. The lowest BCUT2D eigenvalue weighted by atomic mass is 10.3. The van der Waals surface area contributed by atoms with E-state index in [-0.39, 0.29) is 17.0 Å². The number of amides is 1. The Balaban J connectivity index is 2.56. The first-order valence-corrected chi connectivity index (χ1v) is 5.61. The van der Waals surface area contributed by atoms with Gasteiger partial charge in [-0.25, -0.2) is 0 Å². The maximum absolute atomic E-state index is 11.5. The third-order valence-corrected chi connectivity index (χ3v) is 2.97. The highest BCUT2D eigenvalue weighted by molar-refractivity contribution is 7.13. The fourth-order valence-electron chi connectivity index (χ4n) is 0.990. The summed E-state index contributed by atoms with van der Waals surface area (Å²) in [4.78, 5) is 21.5. The molecule has 1 atom stereocenters. The fourth-order valence-corrected chi connectivity index (χ4v) is 1.69. The Bertz CT molecular complexity index is 391. The highest BCUT2D eigenvalue weighted by atomic mass is 32.1. The Morgan fingerprint density at radius 1 is 1.69 bits per heavy atom. The van der Waals surface area contributed by atoms with Gasteiger partial charge in [-0.1, -0.05) is 11.3 Å². The van der Waals surface area contributed by atoms with Crippen LogP contribution >= 0.6 is 11.3 Å². The molecule has 0 aliphatic rings. The molecule has 0 bridgehead atoms. The number of carbonyl (C=O) groups is 1. The summed E-state index contributed by atoms with van der Waals surface area (Å²) >= 11 is 0.950. The van der Waals surface area contributed by atoms with Crippen LogP contribution in [-0.4, -0.2) is 30.5 Å². The molecule has 2 N–H and O–H groups in total. The molecule has 0 aliphatic heterocycles. The Labute approximate surface area is 96.8 Å². The van der Waals surface area contributed by atoms with Crippen LogP contribution < -0.4 is 10.6 Å². The first kappa shape index (κ1) is 12.6. The number of nitrogens with one attached hydrogen (secondary N) is 2. The molecule has 1 heterocycles. The van der Waals surface area contributed by atoms with E-state index < -0.39 is 4.92 Å². The van der Waals surface area contributed by atoms with Gasteiger partial charge < -0.3 is 10.6 Å². The maximum atomic E-state index is 11.5. The van der Waals surface area contributed by atoms with E-state index >= 15 is 0 Å². The van der Waals surface area contributed by atoms with Gasteiger partial charge in [-0.05, 0) is 14.0 Å². The van der Waals surface area contributed by atoms with Crippen LogP contribution in [0.2, 0.25) is 0 Å². The van der Waals surface area contributed by atoms with Crippen molar-refractivity contribution in [3.05, 3.63) is 27.1 Å². The van der Waals surface area contributed by atoms with E-state index in [1.165, 1.54) is 11.4 Å². The SMILES string of the molecule is CNC(C)CNC(=O)c1csc([N+](=O)[O-])c1. The Hall–Kier alpha value is -1.47. The number of carbonyl (C=O) groups excluding carboxylic acids is 1. The van der Waals surface area contributed by atoms with E-state index in [4.69, 9.17) is 0 Å². The van der Waals surface area contributed by atoms with Crippen LogP contribution in [0.3, 0.4) is 0 Å². The van der Waals surface area contributed by atoms with Crippen LogP contribution in [0.15, 0.2) is 11.4 Å². The number of hydrogen-bond donors (Lipinski definition) is 2. The minimum absolute atomic E-state index is 0.0215. The van der Waals surface area contributed by atoms with Crippen molar-refractivity contribution in [3.63, 3.8) is 0 Å². The molecule has 1 amide bonds. The first-order chi connectivity index (χ1) is 7.54. The van der Waals surface area contributed by atoms with Crippen LogP contribution in [-0.2, 0) is 0 Å². The normalized spacial score (nSPS) is 12.1. The molecule has 1 aromatic heterocycles. The lowest BCUT2D eigenvalue weighted by molar-refractivity contribution is -0.380. The lowest BCUT2D eigenvalue weighted by Gasteiger charge is -2.10. The van der Waals surface area contributed by atoms with Crippen LogP contribution in [0.4, 0.5) is 5.00 Å². The van der Waals surface area contributed by atoms with Gasteiger partial charge in [-0.3, -0.25) is 14.9 Å². The molecule has 1 aromatic rings. The van der Waals surface area contributed by atoms with Crippen molar-refractivity contribution in [1.82, 2.24) is 10.6 Å². The summed E-state index contributed by atoms with van der Waals surface area (Å²) in [7, 11) is 1.80. The highest BCUT2D eigenvalue weighted by Crippen LogP contribution is 2.22. The third kappa shape index (κ3) is 3.28. The van der Waals surface area contributed by atoms with E-state index in [9.17, 15) is 14.9 Å². The molecule has 0 fully saturated rings. The average Bonchev–Trinajstić information content (AvgIpc) is 2.74. The van der Waals surface area contributed by atoms with E-state index in [1.54, 1.807) is 7.05 Å². The molecular weight excluding hydrogens is 230 g/mol. The van der Waals surface area contributed by atoms with Crippen molar-refractivity contribution in [1.29, 1.82) is 0 Å². The second-order valence-corrected chi connectivity index (χ2v) is 4.22. The van der Waals surface area contributed by atoms with Gasteiger partial charge in [0, 0.05) is 24.0 Å². The molecule has 1 rings (SSSR count). The zero-order valence-corrected chi connectivity index (χ0v) is 9.84. The minimum atomic E-state index is -0.502. The second kappa shape index (κ2) is 5.57. The summed E-state index contributed by atoms with van der Waals surface area (Å²) < 4.78 is 0. The monoisotopic (exact) mass is 243 g/mol. The largest absolute Gasteiger partial charge is 0.350 e. The molecular formula is C9H13N3O3S. The summed E-state index contributed by atoms with van der Waals surface area (Å²) in [5.74, 6) is -0.286. The van der Waals surface area contributed by atoms with Gasteiger partial charge in [0.15, 0.2) is 0 Å². The van der Waals surface area contributed by atoms with Crippen LogP contribution in [0.5, 0.6) is 0 Å². The zero-order valence-electron chi connectivity index (χ0n) is 9.02. The Morgan fingerprint density at radius 2 is 2.38 bits per heavy atom. The minimum Gasteiger partial charge on any atom is -0.350 e. The van der Waals surface area contributed by atoms with Gasteiger partial charge in [0.2, 0.25) is 0 Å². The molecule has 88 valence electrons. The highest BCUT2D eigenvalue weighted by Gasteiger charge is 2.14. The molecule has 0 saturated carbocycles. The fraction of sp³-hybridized carbons (Fsp3) is 0.444. The summed E-state index contributed by atoms with van der Waals surface area (Å²) in [6, 6.07) is 1.45. The summed E-state index contributed by atoms with van der Waals surface area (Å²) in [6.45, 7) is 2.41. The van der Waals surface area contributed by atoms with Gasteiger partial charge in [0.1, 0.15) is 0 Å². The molecule has 0 saturated heterocycles. The molecule has 0 aromatic carbocycles. The number of thiophene rings is 1. The topological polar surface area (TPSA) is 84.3 Å². The van der Waals surface area contributed by atoms with Crippen molar-refractivity contribution in [2.24, 2.45) is 0 Å². The number of hydrogen-bond acceptors (Lipinski definition) is 5. The van der Waals surface area contributed by atoms with Crippen molar-refractivity contribution < 1.29 is 9.72 Å². The van der Waals surface area contributed by atoms with Crippen LogP contribution in [0, 0.1) is 10.1 Å². The van der Waals surface area contributed by atoms with Crippen molar-refractivity contribution in [2.45, 2.75) is 13.0 Å². The predicted molar refractivity (Wildman–Crippen MR) is 61.8 cm³/mol. The van der Waals surface area contributed by atoms with Crippen molar-refractivity contribution in [3.8, 4) is 0 Å². The Kier molecular flexibility index (Phi) is 4.39. The molecule has 0 radical (unpaired) electrons. The van der Waals surface area contributed by atoms with Crippen molar-refractivity contribution >= 4 is 22.2 Å². The average molecular weight is 243 g/mol. The molecule has 7 heteroatoms. The third-order valence-electron chi connectivity index (χ3n) is 2.09.